The van der Waals surface area contributed by atoms with Crippen molar-refractivity contribution in [3.63, 3.8) is 0 Å². The number of nitrogens with zero attached hydrogens (tertiary/aromatic N) is 2. The van der Waals surface area contributed by atoms with E-state index in [0.717, 1.165) is 64.3 Å². The molecule has 2 aliphatic carbocycles. The summed E-state index contributed by atoms with van der Waals surface area (Å²) in [7, 11) is 4.11. The second-order valence-electron chi connectivity index (χ2n) is 14.4. The number of hydrogen-bond acceptors (Lipinski definition) is 7. The van der Waals surface area contributed by atoms with Crippen molar-refractivity contribution in [3.8, 4) is 0 Å². The van der Waals surface area contributed by atoms with E-state index in [2.05, 4.69) is 27.5 Å². The minimum atomic E-state index is -0.774. The predicted molar refractivity (Wildman–Crippen MR) is 224 cm³/mol. The van der Waals surface area contributed by atoms with Crippen molar-refractivity contribution in [1.82, 2.24) is 20.4 Å². The number of nitrogens with one attached hydrogen (secondary N) is 2. The minimum absolute atomic E-state index is 0. The molecule has 0 unspecified atom stereocenters. The SMILES string of the molecule is C.CCOC(=O)CCCN(C)C1(CNC(=O)c2ccc(Cl)c(Cl)c2)CCCCC1.CN(CCCC(=O)O)C1(CNC(=O)c2ccc(Cl)c(Cl)c2)CCCCC1. The van der Waals surface area contributed by atoms with E-state index in [1.807, 2.05) is 14.0 Å². The number of benzene rings is 2. The van der Waals surface area contributed by atoms with Gasteiger partial charge in [-0.3, -0.25) is 29.0 Å². The van der Waals surface area contributed by atoms with Gasteiger partial charge >= 0.3 is 11.9 Å². The molecule has 3 N–H and O–H groups in total. The van der Waals surface area contributed by atoms with Crippen molar-refractivity contribution < 1.29 is 29.0 Å². The number of esters is 1. The lowest BCUT2D eigenvalue weighted by Gasteiger charge is -2.45. The summed E-state index contributed by atoms with van der Waals surface area (Å²) in [5.74, 6) is -1.25. The van der Waals surface area contributed by atoms with E-state index in [1.165, 1.54) is 12.8 Å². The van der Waals surface area contributed by atoms with E-state index in [-0.39, 0.29) is 42.7 Å². The zero-order valence-electron chi connectivity index (χ0n) is 31.8. The summed E-state index contributed by atoms with van der Waals surface area (Å²) in [5.41, 5.74) is 0.783. The van der Waals surface area contributed by atoms with Crippen LogP contribution in [0, 0.1) is 0 Å². The molecule has 2 aromatic rings. The lowest BCUT2D eigenvalue weighted by atomic mass is 9.80. The van der Waals surface area contributed by atoms with Gasteiger partial charge < -0.3 is 20.5 Å². The molecule has 4 rings (SSSR count). The zero-order valence-corrected chi connectivity index (χ0v) is 34.8. The molecule has 0 aliphatic heterocycles. The standard InChI is InChI=1S/C21H30Cl2N2O3.C19H26Cl2N2O3.CH4/c1-3-28-19(26)8-7-13-25(2)21(11-5-4-6-12-21)15-24-20(27)16-9-10-17(22)18(23)14-16;1-23(11-5-6-17(24)25)19(9-3-2-4-10-19)13-22-18(26)14-7-8-15(20)16(21)12-14;/h9-10,14H,3-8,11-13,15H2,1-2H3,(H,24,27);7-8,12H,2-6,9-11,13H2,1H3,(H,22,26)(H,24,25);1H4. The van der Waals surface area contributed by atoms with E-state index in [9.17, 15) is 19.2 Å². The smallest absolute Gasteiger partial charge is 0.305 e. The molecule has 14 heteroatoms. The van der Waals surface area contributed by atoms with Gasteiger partial charge in [0, 0.05) is 48.1 Å². The van der Waals surface area contributed by atoms with Crippen molar-refractivity contribution in [3.05, 3.63) is 67.6 Å². The third-order valence-corrected chi connectivity index (χ3v) is 12.2. The third kappa shape index (κ3) is 15.3. The Morgan fingerprint density at radius 1 is 0.673 bits per heavy atom. The van der Waals surface area contributed by atoms with E-state index in [0.29, 0.717) is 70.3 Å². The average Bonchev–Trinajstić information content (AvgIpc) is 3.16. The maximum atomic E-state index is 12.6. The Morgan fingerprint density at radius 3 is 1.44 bits per heavy atom. The first kappa shape index (κ1) is 48.5. The van der Waals surface area contributed by atoms with Gasteiger partial charge in [0.25, 0.3) is 11.8 Å². The van der Waals surface area contributed by atoms with Gasteiger partial charge in [0.2, 0.25) is 0 Å². The Labute approximate surface area is 347 Å². The summed E-state index contributed by atoms with van der Waals surface area (Å²) in [6.45, 7) is 4.84. The number of amides is 2. The number of ether oxygens (including phenoxy) is 1. The molecule has 2 aromatic carbocycles. The largest absolute Gasteiger partial charge is 0.481 e. The van der Waals surface area contributed by atoms with Gasteiger partial charge in [-0.1, -0.05) is 92.4 Å². The number of likely N-dealkylation sites (N-methyl/N-ethyl adjacent to an activating group) is 2. The fraction of sp³-hybridized carbons (Fsp3) is 0.610. The van der Waals surface area contributed by atoms with Crippen LogP contribution in [0.2, 0.25) is 20.1 Å². The summed E-state index contributed by atoms with van der Waals surface area (Å²) in [6, 6.07) is 9.76. The van der Waals surface area contributed by atoms with Gasteiger partial charge in [-0.2, -0.15) is 0 Å². The summed E-state index contributed by atoms with van der Waals surface area (Å²) < 4.78 is 5.01. The summed E-state index contributed by atoms with van der Waals surface area (Å²) in [6.07, 6.45) is 12.9. The lowest BCUT2D eigenvalue weighted by Crippen LogP contribution is -2.55. The van der Waals surface area contributed by atoms with Crippen LogP contribution in [-0.4, -0.2) is 96.6 Å². The number of hydrogen-bond donors (Lipinski definition) is 3. The molecular weight excluding hydrogens is 786 g/mol. The summed E-state index contributed by atoms with van der Waals surface area (Å²) in [5, 5.41) is 16.6. The molecule has 2 aliphatic rings. The second kappa shape index (κ2) is 24.2. The van der Waals surface area contributed by atoms with Gasteiger partial charge in [-0.05, 0) is 109 Å². The first-order chi connectivity index (χ1) is 25.7. The topological polar surface area (TPSA) is 128 Å². The number of carboxylic acid groups (broad SMARTS) is 1. The molecule has 0 spiro atoms. The van der Waals surface area contributed by atoms with Crippen LogP contribution >= 0.6 is 46.4 Å². The van der Waals surface area contributed by atoms with Crippen LogP contribution < -0.4 is 10.6 Å². The number of halogens is 4. The zero-order chi connectivity index (χ0) is 39.7. The molecule has 0 saturated heterocycles. The Kier molecular flexibility index (Phi) is 21.4. The van der Waals surface area contributed by atoms with Gasteiger partial charge in [0.1, 0.15) is 0 Å². The van der Waals surface area contributed by atoms with Crippen molar-refractivity contribution >= 4 is 70.2 Å². The Hall–Kier alpha value is -2.60. The van der Waals surface area contributed by atoms with E-state index in [1.54, 1.807) is 36.4 Å². The second-order valence-corrected chi connectivity index (χ2v) is 16.1. The molecule has 0 radical (unpaired) electrons. The number of carbonyl (C=O) groups is 4. The van der Waals surface area contributed by atoms with Gasteiger partial charge in [-0.25, -0.2) is 0 Å². The summed E-state index contributed by atoms with van der Waals surface area (Å²) in [4.78, 5) is 52.0. The highest BCUT2D eigenvalue weighted by Gasteiger charge is 2.37. The molecule has 0 aromatic heterocycles. The molecule has 0 bridgehead atoms. The highest BCUT2D eigenvalue weighted by molar-refractivity contribution is 6.42. The maximum Gasteiger partial charge on any atom is 0.305 e. The highest BCUT2D eigenvalue weighted by Crippen LogP contribution is 2.34. The molecule has 55 heavy (non-hydrogen) atoms. The normalized spacial score (nSPS) is 15.9. The van der Waals surface area contributed by atoms with Crippen molar-refractivity contribution in [2.45, 2.75) is 115 Å². The number of aliphatic carboxylic acids is 1. The fourth-order valence-electron chi connectivity index (χ4n) is 7.41. The summed E-state index contributed by atoms with van der Waals surface area (Å²) >= 11 is 23.9. The van der Waals surface area contributed by atoms with Gasteiger partial charge in [0.15, 0.2) is 0 Å². The van der Waals surface area contributed by atoms with Crippen LogP contribution in [0.25, 0.3) is 0 Å². The monoisotopic (exact) mass is 844 g/mol. The molecule has 2 amide bonds. The van der Waals surface area contributed by atoms with Gasteiger partial charge in [-0.15, -0.1) is 0 Å². The average molecular weight is 847 g/mol. The molecular formula is C41H60Cl4N4O6. The Morgan fingerprint density at radius 2 is 1.07 bits per heavy atom. The molecule has 0 heterocycles. The molecule has 10 nitrogen and oxygen atoms in total. The lowest BCUT2D eigenvalue weighted by molar-refractivity contribution is -0.143. The molecule has 2 saturated carbocycles. The fourth-order valence-corrected chi connectivity index (χ4v) is 8.01. The van der Waals surface area contributed by atoms with Crippen LogP contribution in [0.4, 0.5) is 0 Å². The van der Waals surface area contributed by atoms with Crippen molar-refractivity contribution in [2.75, 3.05) is 46.9 Å². The van der Waals surface area contributed by atoms with E-state index in [4.69, 9.17) is 56.2 Å². The molecule has 2 fully saturated rings. The number of rotatable bonds is 17. The molecule has 0 atom stereocenters. The van der Waals surface area contributed by atoms with E-state index >= 15 is 0 Å². The van der Waals surface area contributed by atoms with Gasteiger partial charge in [0.05, 0.1) is 26.7 Å². The van der Waals surface area contributed by atoms with Crippen LogP contribution in [0.3, 0.4) is 0 Å². The van der Waals surface area contributed by atoms with Crippen LogP contribution in [0.15, 0.2) is 36.4 Å². The maximum absolute atomic E-state index is 12.6. The van der Waals surface area contributed by atoms with Crippen LogP contribution in [0.1, 0.15) is 125 Å². The highest BCUT2D eigenvalue weighted by atomic mass is 35.5. The molecule has 308 valence electrons. The predicted octanol–water partition coefficient (Wildman–Crippen LogP) is 9.56. The first-order valence-corrected chi connectivity index (χ1v) is 20.5. The quantitative estimate of drug-likeness (QED) is 0.134. The van der Waals surface area contributed by atoms with Crippen molar-refractivity contribution in [1.29, 1.82) is 0 Å². The minimum Gasteiger partial charge on any atom is -0.481 e. The first-order valence-electron chi connectivity index (χ1n) is 19.0. The number of carbonyl (C=O) groups excluding carboxylic acids is 3. The van der Waals surface area contributed by atoms with E-state index < -0.39 is 5.97 Å². The third-order valence-electron chi connectivity index (χ3n) is 10.8. The number of carboxylic acids is 1. The van der Waals surface area contributed by atoms with Crippen molar-refractivity contribution in [2.24, 2.45) is 0 Å². The Bertz CT molecular complexity index is 1550. The van der Waals surface area contributed by atoms with Crippen LogP contribution in [-0.2, 0) is 14.3 Å². The Balaban J connectivity index is 0.000000374. The van der Waals surface area contributed by atoms with Crippen LogP contribution in [0.5, 0.6) is 0 Å².